The highest BCUT2D eigenvalue weighted by Gasteiger charge is 2.11. The number of hydrogen-bond donors (Lipinski definition) is 1. The lowest BCUT2D eigenvalue weighted by molar-refractivity contribution is 0.389. The first-order chi connectivity index (χ1) is 7.40. The first-order valence-electron chi connectivity index (χ1n) is 5.35. The summed E-state index contributed by atoms with van der Waals surface area (Å²) in [6.07, 6.45) is 0.910. The maximum atomic E-state index is 5.86. The second-order valence-corrected chi connectivity index (χ2v) is 5.41. The molecule has 1 rings (SSSR count). The molecule has 1 aromatic heterocycles. The zero-order chi connectivity index (χ0) is 12.3. The zero-order valence-electron chi connectivity index (χ0n) is 10.3. The van der Waals surface area contributed by atoms with Gasteiger partial charge in [0.25, 0.3) is 0 Å². The van der Waals surface area contributed by atoms with Gasteiger partial charge in [-0.2, -0.15) is 0 Å². The van der Waals surface area contributed by atoms with Crippen LogP contribution in [-0.2, 0) is 13.0 Å². The van der Waals surface area contributed by atoms with Gasteiger partial charge in [-0.15, -0.1) is 0 Å². The number of rotatable bonds is 4. The average Bonchev–Trinajstić information content (AvgIpc) is 2.11. The topological polar surface area (TPSA) is 55.0 Å². The van der Waals surface area contributed by atoms with E-state index in [1.807, 2.05) is 19.0 Å². The minimum Gasteiger partial charge on any atom is -0.383 e. The Balaban J connectivity index is 3.01. The number of nitrogen functional groups attached to an aromatic ring is 1. The molecule has 0 saturated carbocycles. The zero-order valence-corrected chi connectivity index (χ0v) is 11.9. The van der Waals surface area contributed by atoms with Crippen molar-refractivity contribution >= 4 is 21.7 Å². The van der Waals surface area contributed by atoms with E-state index in [0.717, 1.165) is 22.4 Å². The molecule has 1 heterocycles. The highest BCUT2D eigenvalue weighted by molar-refractivity contribution is 9.10. The molecule has 0 aliphatic rings. The van der Waals surface area contributed by atoms with Crippen molar-refractivity contribution in [3.63, 3.8) is 0 Å². The third kappa shape index (κ3) is 3.72. The van der Waals surface area contributed by atoms with Gasteiger partial charge in [0.2, 0.25) is 0 Å². The molecule has 0 atom stereocenters. The van der Waals surface area contributed by atoms with E-state index in [0.29, 0.717) is 18.3 Å². The summed E-state index contributed by atoms with van der Waals surface area (Å²) in [7, 11) is 3.98. The third-order valence-electron chi connectivity index (χ3n) is 2.05. The summed E-state index contributed by atoms with van der Waals surface area (Å²) in [5, 5.41) is 0. The first-order valence-corrected chi connectivity index (χ1v) is 6.15. The lowest BCUT2D eigenvalue weighted by Crippen LogP contribution is -2.16. The van der Waals surface area contributed by atoms with Crippen LogP contribution in [0.15, 0.2) is 4.47 Å². The maximum absolute atomic E-state index is 5.86. The van der Waals surface area contributed by atoms with Gasteiger partial charge in [0.1, 0.15) is 11.6 Å². The van der Waals surface area contributed by atoms with Crippen LogP contribution in [0.2, 0.25) is 0 Å². The third-order valence-corrected chi connectivity index (χ3v) is 2.91. The predicted molar refractivity (Wildman–Crippen MR) is 70.1 cm³/mol. The van der Waals surface area contributed by atoms with Crippen LogP contribution in [-0.4, -0.2) is 29.0 Å². The van der Waals surface area contributed by atoms with E-state index >= 15 is 0 Å². The largest absolute Gasteiger partial charge is 0.383 e. The summed E-state index contributed by atoms with van der Waals surface area (Å²) in [5.74, 6) is 1.86. The molecular formula is C11H19BrN4. The normalized spacial score (nSPS) is 11.4. The van der Waals surface area contributed by atoms with Crippen LogP contribution in [0.4, 0.5) is 5.82 Å². The van der Waals surface area contributed by atoms with Crippen molar-refractivity contribution in [1.82, 2.24) is 14.9 Å². The standard InChI is InChI=1S/C11H19BrN4/c1-7(2)5-8-10(12)11(13)15-9(14-8)6-16(3)4/h7H,5-6H2,1-4H3,(H2,13,14,15). The van der Waals surface area contributed by atoms with E-state index in [-0.39, 0.29) is 0 Å². The lowest BCUT2D eigenvalue weighted by atomic mass is 10.1. The van der Waals surface area contributed by atoms with Gasteiger partial charge in [-0.05, 0) is 42.4 Å². The van der Waals surface area contributed by atoms with Crippen molar-refractivity contribution in [3.8, 4) is 0 Å². The van der Waals surface area contributed by atoms with Crippen molar-refractivity contribution in [1.29, 1.82) is 0 Å². The first kappa shape index (κ1) is 13.4. The maximum Gasteiger partial charge on any atom is 0.145 e. The quantitative estimate of drug-likeness (QED) is 0.921. The van der Waals surface area contributed by atoms with Crippen LogP contribution < -0.4 is 5.73 Å². The highest BCUT2D eigenvalue weighted by Crippen LogP contribution is 2.23. The molecule has 4 nitrogen and oxygen atoms in total. The van der Waals surface area contributed by atoms with Crippen molar-refractivity contribution in [3.05, 3.63) is 16.0 Å². The molecule has 1 aromatic rings. The van der Waals surface area contributed by atoms with Crippen molar-refractivity contribution in [2.45, 2.75) is 26.8 Å². The Hall–Kier alpha value is -0.680. The fourth-order valence-corrected chi connectivity index (χ4v) is 1.78. The molecule has 0 aliphatic carbocycles. The van der Waals surface area contributed by atoms with E-state index in [4.69, 9.17) is 5.73 Å². The van der Waals surface area contributed by atoms with Crippen LogP contribution in [0.5, 0.6) is 0 Å². The van der Waals surface area contributed by atoms with E-state index in [1.165, 1.54) is 0 Å². The van der Waals surface area contributed by atoms with Gasteiger partial charge in [-0.3, -0.25) is 0 Å². The molecule has 0 fully saturated rings. The Bertz CT molecular complexity index is 363. The van der Waals surface area contributed by atoms with Crippen LogP contribution in [0, 0.1) is 5.92 Å². The number of hydrogen-bond acceptors (Lipinski definition) is 4. The molecule has 0 radical (unpaired) electrons. The van der Waals surface area contributed by atoms with Gasteiger partial charge in [0.15, 0.2) is 0 Å². The van der Waals surface area contributed by atoms with Gasteiger partial charge < -0.3 is 10.6 Å². The molecule has 0 aliphatic heterocycles. The average molecular weight is 287 g/mol. The van der Waals surface area contributed by atoms with Gasteiger partial charge in [-0.25, -0.2) is 9.97 Å². The number of halogens is 1. The van der Waals surface area contributed by atoms with Gasteiger partial charge in [0.05, 0.1) is 16.7 Å². The molecule has 90 valence electrons. The second kappa shape index (κ2) is 5.59. The van der Waals surface area contributed by atoms with Crippen LogP contribution >= 0.6 is 15.9 Å². The summed E-state index contributed by atoms with van der Waals surface area (Å²) in [6.45, 7) is 5.04. The monoisotopic (exact) mass is 286 g/mol. The minimum atomic E-state index is 0.530. The smallest absolute Gasteiger partial charge is 0.145 e. The molecule has 0 saturated heterocycles. The molecule has 0 spiro atoms. The van der Waals surface area contributed by atoms with Crippen molar-refractivity contribution < 1.29 is 0 Å². The fraction of sp³-hybridized carbons (Fsp3) is 0.636. The summed E-state index contributed by atoms with van der Waals surface area (Å²) in [5.41, 5.74) is 6.86. The number of aromatic nitrogens is 2. The molecule has 0 aromatic carbocycles. The molecule has 2 N–H and O–H groups in total. The Labute approximate surface area is 105 Å². The van der Waals surface area contributed by atoms with Gasteiger partial charge in [0, 0.05) is 0 Å². The SMILES string of the molecule is CC(C)Cc1nc(CN(C)C)nc(N)c1Br. The summed E-state index contributed by atoms with van der Waals surface area (Å²) >= 11 is 3.45. The van der Waals surface area contributed by atoms with E-state index < -0.39 is 0 Å². The molecule has 0 amide bonds. The molecule has 0 unspecified atom stereocenters. The fourth-order valence-electron chi connectivity index (χ4n) is 1.44. The highest BCUT2D eigenvalue weighted by atomic mass is 79.9. The number of nitrogens with zero attached hydrogens (tertiary/aromatic N) is 3. The number of nitrogens with two attached hydrogens (primary N) is 1. The van der Waals surface area contributed by atoms with Crippen LogP contribution in [0.3, 0.4) is 0 Å². The Morgan fingerprint density at radius 1 is 1.31 bits per heavy atom. The van der Waals surface area contributed by atoms with Gasteiger partial charge >= 0.3 is 0 Å². The van der Waals surface area contributed by atoms with Crippen molar-refractivity contribution in [2.24, 2.45) is 5.92 Å². The summed E-state index contributed by atoms with van der Waals surface area (Å²) < 4.78 is 0.837. The van der Waals surface area contributed by atoms with Crippen LogP contribution in [0.1, 0.15) is 25.4 Å². The summed E-state index contributed by atoms with van der Waals surface area (Å²) in [4.78, 5) is 10.8. The van der Waals surface area contributed by atoms with E-state index in [2.05, 4.69) is 39.7 Å². The number of anilines is 1. The summed E-state index contributed by atoms with van der Waals surface area (Å²) in [6, 6.07) is 0. The van der Waals surface area contributed by atoms with Crippen LogP contribution in [0.25, 0.3) is 0 Å². The molecule has 0 bridgehead atoms. The van der Waals surface area contributed by atoms with Crippen molar-refractivity contribution in [2.75, 3.05) is 19.8 Å². The molecule has 16 heavy (non-hydrogen) atoms. The predicted octanol–water partition coefficient (Wildman–Crippen LogP) is 2.08. The van der Waals surface area contributed by atoms with Gasteiger partial charge in [-0.1, -0.05) is 13.8 Å². The second-order valence-electron chi connectivity index (χ2n) is 4.62. The van der Waals surface area contributed by atoms with E-state index in [9.17, 15) is 0 Å². The lowest BCUT2D eigenvalue weighted by Gasteiger charge is -2.13. The Morgan fingerprint density at radius 3 is 2.44 bits per heavy atom. The Morgan fingerprint density at radius 2 is 1.94 bits per heavy atom. The molecule has 5 heteroatoms. The van der Waals surface area contributed by atoms with E-state index in [1.54, 1.807) is 0 Å². The molecular weight excluding hydrogens is 268 g/mol. The minimum absolute atomic E-state index is 0.530. The Kier molecular flexibility index (Phi) is 4.68.